The average molecular weight is 414 g/mol. The van der Waals surface area contributed by atoms with E-state index in [1.165, 1.54) is 12.1 Å². The van der Waals surface area contributed by atoms with Gasteiger partial charge in [-0.25, -0.2) is 9.78 Å². The first-order valence-electron chi connectivity index (χ1n) is 9.05. The Labute approximate surface area is 173 Å². The summed E-state index contributed by atoms with van der Waals surface area (Å²) in [4.78, 5) is 27.6. The van der Waals surface area contributed by atoms with E-state index in [0.717, 1.165) is 0 Å². The number of non-ortho nitro benzene ring substituents is 1. The quantitative estimate of drug-likeness (QED) is 0.314. The molecule has 2 aromatic carbocycles. The Morgan fingerprint density at radius 2 is 1.86 bits per heavy atom. The maximum atomic E-state index is 12.6. The van der Waals surface area contributed by atoms with E-state index in [-0.39, 0.29) is 23.9 Å². The standard InChI is InChI=1S/C21H20ClN3O4/c1-13(2)12-29-21(26)19-14(3)24(15-8-10-16(11-9-15)25(27)28)20(23-19)17-6-4-5-7-18(17)22/h4-11,13H,12H2,1-3H3. The van der Waals surface area contributed by atoms with Crippen molar-refractivity contribution in [1.29, 1.82) is 0 Å². The molecule has 0 aliphatic rings. The van der Waals surface area contributed by atoms with Crippen molar-refractivity contribution in [3.8, 4) is 17.1 Å². The fraction of sp³-hybridized carbons (Fsp3) is 0.238. The molecule has 3 rings (SSSR count). The monoisotopic (exact) mass is 413 g/mol. The molecule has 8 heteroatoms. The van der Waals surface area contributed by atoms with Gasteiger partial charge in [-0.05, 0) is 37.1 Å². The molecule has 0 radical (unpaired) electrons. The van der Waals surface area contributed by atoms with Gasteiger partial charge in [-0.3, -0.25) is 14.7 Å². The van der Waals surface area contributed by atoms with Crippen molar-refractivity contribution in [3.05, 3.63) is 75.1 Å². The van der Waals surface area contributed by atoms with Gasteiger partial charge < -0.3 is 4.74 Å². The van der Waals surface area contributed by atoms with Crippen LogP contribution in [-0.4, -0.2) is 27.1 Å². The first kappa shape index (κ1) is 20.5. The molecule has 150 valence electrons. The molecule has 0 bridgehead atoms. The SMILES string of the molecule is Cc1c(C(=O)OCC(C)C)nc(-c2ccccc2Cl)n1-c1ccc([N+](=O)[O-])cc1. The summed E-state index contributed by atoms with van der Waals surface area (Å²) in [6.07, 6.45) is 0. The smallest absolute Gasteiger partial charge is 0.358 e. The van der Waals surface area contributed by atoms with Crippen LogP contribution in [0, 0.1) is 23.0 Å². The summed E-state index contributed by atoms with van der Waals surface area (Å²) in [6.45, 7) is 5.93. The number of nitro benzene ring substituents is 1. The van der Waals surface area contributed by atoms with Gasteiger partial charge in [-0.1, -0.05) is 37.6 Å². The predicted octanol–water partition coefficient (Wildman–Crippen LogP) is 5.22. The minimum atomic E-state index is -0.523. The first-order chi connectivity index (χ1) is 13.8. The molecule has 29 heavy (non-hydrogen) atoms. The van der Waals surface area contributed by atoms with E-state index >= 15 is 0 Å². The van der Waals surface area contributed by atoms with E-state index in [1.807, 2.05) is 19.9 Å². The number of ether oxygens (including phenoxy) is 1. The zero-order valence-corrected chi connectivity index (χ0v) is 17.0. The van der Waals surface area contributed by atoms with Crippen molar-refractivity contribution in [2.75, 3.05) is 6.61 Å². The molecule has 0 aliphatic carbocycles. The van der Waals surface area contributed by atoms with Gasteiger partial charge >= 0.3 is 5.97 Å². The largest absolute Gasteiger partial charge is 0.461 e. The van der Waals surface area contributed by atoms with Crippen LogP contribution in [0.4, 0.5) is 5.69 Å². The van der Waals surface area contributed by atoms with Gasteiger partial charge in [0.2, 0.25) is 0 Å². The summed E-state index contributed by atoms with van der Waals surface area (Å²) < 4.78 is 7.10. The van der Waals surface area contributed by atoms with Gasteiger partial charge in [-0.2, -0.15) is 0 Å². The van der Waals surface area contributed by atoms with Gasteiger partial charge in [0.25, 0.3) is 5.69 Å². The third kappa shape index (κ3) is 4.30. The number of rotatable bonds is 6. The molecule has 0 fully saturated rings. The number of nitro groups is 1. The molecule has 0 spiro atoms. The number of nitrogens with zero attached hydrogens (tertiary/aromatic N) is 3. The molecule has 0 aliphatic heterocycles. The van der Waals surface area contributed by atoms with Crippen LogP contribution in [0.2, 0.25) is 5.02 Å². The zero-order valence-electron chi connectivity index (χ0n) is 16.3. The van der Waals surface area contributed by atoms with Crippen LogP contribution in [-0.2, 0) is 4.74 Å². The second kappa shape index (κ2) is 8.45. The molecule has 0 unspecified atom stereocenters. The van der Waals surface area contributed by atoms with Crippen LogP contribution in [0.1, 0.15) is 30.0 Å². The second-order valence-corrected chi connectivity index (χ2v) is 7.36. The Hall–Kier alpha value is -3.19. The maximum Gasteiger partial charge on any atom is 0.358 e. The van der Waals surface area contributed by atoms with E-state index in [9.17, 15) is 14.9 Å². The molecule has 0 saturated carbocycles. The Morgan fingerprint density at radius 3 is 2.45 bits per heavy atom. The van der Waals surface area contributed by atoms with Crippen molar-refractivity contribution in [1.82, 2.24) is 9.55 Å². The number of benzene rings is 2. The molecule has 1 aromatic heterocycles. The molecular formula is C21H20ClN3O4. The minimum Gasteiger partial charge on any atom is -0.461 e. The van der Waals surface area contributed by atoms with Gasteiger partial charge in [0, 0.05) is 23.4 Å². The fourth-order valence-electron chi connectivity index (χ4n) is 2.87. The Kier molecular flexibility index (Phi) is 5.98. The summed E-state index contributed by atoms with van der Waals surface area (Å²) in [5.74, 6) is 0.127. The third-order valence-electron chi connectivity index (χ3n) is 4.28. The van der Waals surface area contributed by atoms with Crippen LogP contribution in [0.15, 0.2) is 48.5 Å². The summed E-state index contributed by atoms with van der Waals surface area (Å²) in [5, 5.41) is 11.5. The topological polar surface area (TPSA) is 87.3 Å². The molecule has 7 nitrogen and oxygen atoms in total. The van der Waals surface area contributed by atoms with Gasteiger partial charge in [0.1, 0.15) is 5.82 Å². The molecule has 3 aromatic rings. The van der Waals surface area contributed by atoms with Gasteiger partial charge in [-0.15, -0.1) is 0 Å². The zero-order chi connectivity index (χ0) is 21.1. The first-order valence-corrected chi connectivity index (χ1v) is 9.43. The lowest BCUT2D eigenvalue weighted by Crippen LogP contribution is -2.12. The van der Waals surface area contributed by atoms with Crippen molar-refractivity contribution in [2.24, 2.45) is 5.92 Å². The van der Waals surface area contributed by atoms with E-state index in [2.05, 4.69) is 4.98 Å². The van der Waals surface area contributed by atoms with Crippen molar-refractivity contribution < 1.29 is 14.5 Å². The summed E-state index contributed by atoms with van der Waals surface area (Å²) in [5.41, 5.74) is 1.97. The van der Waals surface area contributed by atoms with E-state index < -0.39 is 10.9 Å². The summed E-state index contributed by atoms with van der Waals surface area (Å²) in [7, 11) is 0. The van der Waals surface area contributed by atoms with Crippen molar-refractivity contribution in [2.45, 2.75) is 20.8 Å². The lowest BCUT2D eigenvalue weighted by Gasteiger charge is -2.11. The number of hydrogen-bond donors (Lipinski definition) is 0. The number of carbonyl (C=O) groups excluding carboxylic acids is 1. The van der Waals surface area contributed by atoms with Crippen molar-refractivity contribution >= 4 is 23.3 Å². The second-order valence-electron chi connectivity index (χ2n) is 6.95. The number of imidazole rings is 1. The highest BCUT2D eigenvalue weighted by Crippen LogP contribution is 2.32. The minimum absolute atomic E-state index is 0.0256. The number of aromatic nitrogens is 2. The molecular weight excluding hydrogens is 394 g/mol. The average Bonchev–Trinajstić information content (AvgIpc) is 3.03. The van der Waals surface area contributed by atoms with Crippen LogP contribution in [0.25, 0.3) is 17.1 Å². The number of halogens is 1. The third-order valence-corrected chi connectivity index (χ3v) is 4.61. The van der Waals surface area contributed by atoms with E-state index in [0.29, 0.717) is 27.8 Å². The number of carbonyl (C=O) groups is 1. The maximum absolute atomic E-state index is 12.6. The highest BCUT2D eigenvalue weighted by molar-refractivity contribution is 6.33. The molecule has 0 N–H and O–H groups in total. The molecule has 0 atom stereocenters. The predicted molar refractivity (Wildman–Crippen MR) is 111 cm³/mol. The highest BCUT2D eigenvalue weighted by Gasteiger charge is 2.24. The Bertz CT molecular complexity index is 1060. The van der Waals surface area contributed by atoms with Crippen LogP contribution in [0.5, 0.6) is 0 Å². The number of hydrogen-bond acceptors (Lipinski definition) is 5. The molecule has 0 amide bonds. The van der Waals surface area contributed by atoms with Crippen molar-refractivity contribution in [3.63, 3.8) is 0 Å². The van der Waals surface area contributed by atoms with Gasteiger partial charge in [0.05, 0.1) is 22.2 Å². The lowest BCUT2D eigenvalue weighted by atomic mass is 10.2. The Morgan fingerprint density at radius 1 is 1.21 bits per heavy atom. The Balaban J connectivity index is 2.15. The van der Waals surface area contributed by atoms with Crippen LogP contribution < -0.4 is 0 Å². The molecule has 1 heterocycles. The number of esters is 1. The fourth-order valence-corrected chi connectivity index (χ4v) is 3.09. The van der Waals surface area contributed by atoms with Crippen LogP contribution in [0.3, 0.4) is 0 Å². The molecule has 0 saturated heterocycles. The summed E-state index contributed by atoms with van der Waals surface area (Å²) in [6, 6.07) is 13.2. The lowest BCUT2D eigenvalue weighted by molar-refractivity contribution is -0.384. The van der Waals surface area contributed by atoms with Crippen LogP contribution >= 0.6 is 11.6 Å². The van der Waals surface area contributed by atoms with E-state index in [4.69, 9.17) is 16.3 Å². The normalized spacial score (nSPS) is 10.9. The van der Waals surface area contributed by atoms with Gasteiger partial charge in [0.15, 0.2) is 5.69 Å². The highest BCUT2D eigenvalue weighted by atomic mass is 35.5. The summed E-state index contributed by atoms with van der Waals surface area (Å²) >= 11 is 6.37. The van der Waals surface area contributed by atoms with E-state index in [1.54, 1.807) is 41.8 Å².